The molecule has 0 saturated carbocycles. The van der Waals surface area contributed by atoms with Crippen molar-refractivity contribution >= 4 is 34.8 Å². The molecule has 2 rings (SSSR count). The Labute approximate surface area is 128 Å². The fraction of sp³-hybridized carbons (Fsp3) is 0.214. The number of nitrogens with two attached hydrogens (primary N) is 1. The smallest absolute Gasteiger partial charge is 0.161 e. The number of nitrogen functional groups attached to an aromatic ring is 1. The first-order valence-electron chi connectivity index (χ1n) is 6.17. The normalized spacial score (nSPS) is 12.1. The highest BCUT2D eigenvalue weighted by Gasteiger charge is 2.12. The standard InChI is InChI=1S/C14H16Cl2N4/c1-8-3-5-10(6-4-8)9(2)18-13-11(15)7-12(16)14(19-13)20-17/h3-7,9H,17H2,1-2H3,(H2,18,19,20). The predicted octanol–water partition coefficient (Wildman–Crippen LogP) is 4.16. The highest BCUT2D eigenvalue weighted by Crippen LogP contribution is 2.30. The average Bonchev–Trinajstić information content (AvgIpc) is 2.42. The number of rotatable bonds is 4. The molecule has 4 nitrogen and oxygen atoms in total. The molecule has 0 spiro atoms. The Bertz CT molecular complexity index is 599. The molecule has 0 aliphatic rings. The van der Waals surface area contributed by atoms with Gasteiger partial charge in [0.05, 0.1) is 10.0 Å². The summed E-state index contributed by atoms with van der Waals surface area (Å²) < 4.78 is 0. The van der Waals surface area contributed by atoms with Crippen LogP contribution in [0.15, 0.2) is 30.3 Å². The maximum Gasteiger partial charge on any atom is 0.161 e. The second-order valence-corrected chi connectivity index (χ2v) is 5.38. The van der Waals surface area contributed by atoms with Crippen LogP contribution in [-0.2, 0) is 0 Å². The first-order valence-corrected chi connectivity index (χ1v) is 6.92. The highest BCUT2D eigenvalue weighted by molar-refractivity contribution is 6.37. The zero-order valence-electron chi connectivity index (χ0n) is 11.2. The lowest BCUT2D eigenvalue weighted by Crippen LogP contribution is -2.13. The van der Waals surface area contributed by atoms with E-state index in [-0.39, 0.29) is 6.04 Å². The van der Waals surface area contributed by atoms with Gasteiger partial charge >= 0.3 is 0 Å². The minimum Gasteiger partial charge on any atom is -0.362 e. The molecule has 0 aliphatic heterocycles. The van der Waals surface area contributed by atoms with Gasteiger partial charge in [-0.15, -0.1) is 0 Å². The molecule has 6 heteroatoms. The first-order chi connectivity index (χ1) is 9.51. The lowest BCUT2D eigenvalue weighted by molar-refractivity contribution is 0.874. The summed E-state index contributed by atoms with van der Waals surface area (Å²) in [6.45, 7) is 4.09. The van der Waals surface area contributed by atoms with Gasteiger partial charge in [0.25, 0.3) is 0 Å². The zero-order chi connectivity index (χ0) is 14.7. The molecular formula is C14H16Cl2N4. The Balaban J connectivity index is 2.23. The first kappa shape index (κ1) is 14.9. The quantitative estimate of drug-likeness (QED) is 0.586. The monoisotopic (exact) mass is 310 g/mol. The van der Waals surface area contributed by atoms with Crippen molar-refractivity contribution in [3.05, 3.63) is 51.5 Å². The summed E-state index contributed by atoms with van der Waals surface area (Å²) in [4.78, 5) is 4.26. The number of aromatic nitrogens is 1. The minimum atomic E-state index is 0.0624. The SMILES string of the molecule is Cc1ccc(C(C)Nc2nc(NN)c(Cl)cc2Cl)cc1. The maximum absolute atomic E-state index is 6.14. The van der Waals surface area contributed by atoms with Gasteiger partial charge in [-0.25, -0.2) is 10.8 Å². The van der Waals surface area contributed by atoms with E-state index in [9.17, 15) is 0 Å². The largest absolute Gasteiger partial charge is 0.362 e. The van der Waals surface area contributed by atoms with Gasteiger partial charge in [-0.1, -0.05) is 53.0 Å². The second kappa shape index (κ2) is 6.31. The number of nitrogens with zero attached hydrogens (tertiary/aromatic N) is 1. The number of halogens is 2. The summed E-state index contributed by atoms with van der Waals surface area (Å²) >= 11 is 12.1. The summed E-state index contributed by atoms with van der Waals surface area (Å²) in [6.07, 6.45) is 0. The molecule has 0 bridgehead atoms. The Kier molecular flexibility index (Phi) is 4.70. The van der Waals surface area contributed by atoms with Gasteiger partial charge in [0.15, 0.2) is 5.82 Å². The third-order valence-electron chi connectivity index (χ3n) is 3.00. The van der Waals surface area contributed by atoms with Gasteiger partial charge in [0.1, 0.15) is 5.82 Å². The molecule has 1 aromatic carbocycles. The summed E-state index contributed by atoms with van der Waals surface area (Å²) in [5.74, 6) is 6.28. The lowest BCUT2D eigenvalue weighted by Gasteiger charge is -2.17. The van der Waals surface area contributed by atoms with Gasteiger partial charge in [-0.2, -0.15) is 0 Å². The molecule has 0 aliphatic carbocycles. The molecule has 0 amide bonds. The second-order valence-electron chi connectivity index (χ2n) is 4.57. The summed E-state index contributed by atoms with van der Waals surface area (Å²) in [5, 5.41) is 4.08. The Morgan fingerprint density at radius 2 is 1.70 bits per heavy atom. The van der Waals surface area contributed by atoms with Crippen LogP contribution in [-0.4, -0.2) is 4.98 Å². The fourth-order valence-corrected chi connectivity index (χ4v) is 2.28. The Hall–Kier alpha value is -1.49. The van der Waals surface area contributed by atoms with Gasteiger partial charge in [0, 0.05) is 6.04 Å². The minimum absolute atomic E-state index is 0.0624. The number of aryl methyl sites for hydroxylation is 1. The number of anilines is 2. The molecule has 2 aromatic rings. The summed E-state index contributed by atoms with van der Waals surface area (Å²) in [7, 11) is 0. The van der Waals surface area contributed by atoms with Crippen LogP contribution in [0, 0.1) is 6.92 Å². The lowest BCUT2D eigenvalue weighted by atomic mass is 10.1. The maximum atomic E-state index is 6.14. The van der Waals surface area contributed by atoms with Gasteiger partial charge < -0.3 is 10.7 Å². The number of hydrogen-bond donors (Lipinski definition) is 3. The van der Waals surface area contributed by atoms with Gasteiger partial charge in [0.2, 0.25) is 0 Å². The van der Waals surface area contributed by atoms with Crippen molar-refractivity contribution < 1.29 is 0 Å². The van der Waals surface area contributed by atoms with Crippen LogP contribution in [0.3, 0.4) is 0 Å². The third-order valence-corrected chi connectivity index (χ3v) is 3.57. The number of pyridine rings is 1. The van der Waals surface area contributed by atoms with Crippen molar-refractivity contribution in [1.29, 1.82) is 0 Å². The molecular weight excluding hydrogens is 295 g/mol. The zero-order valence-corrected chi connectivity index (χ0v) is 12.8. The molecule has 20 heavy (non-hydrogen) atoms. The van der Waals surface area contributed by atoms with Gasteiger partial charge in [-0.3, -0.25) is 0 Å². The number of nitrogens with one attached hydrogen (secondary N) is 2. The molecule has 106 valence electrons. The van der Waals surface area contributed by atoms with E-state index in [2.05, 4.69) is 46.9 Å². The number of benzene rings is 1. The molecule has 0 saturated heterocycles. The van der Waals surface area contributed by atoms with Crippen molar-refractivity contribution in [2.45, 2.75) is 19.9 Å². The fourth-order valence-electron chi connectivity index (χ4n) is 1.81. The topological polar surface area (TPSA) is 63.0 Å². The van der Waals surface area contributed by atoms with Crippen LogP contribution < -0.4 is 16.6 Å². The Morgan fingerprint density at radius 3 is 2.30 bits per heavy atom. The molecule has 1 unspecified atom stereocenters. The molecule has 1 atom stereocenters. The van der Waals surface area contributed by atoms with Crippen molar-refractivity contribution in [1.82, 2.24) is 4.98 Å². The summed E-state index contributed by atoms with van der Waals surface area (Å²) in [5.41, 5.74) is 4.81. The van der Waals surface area contributed by atoms with E-state index in [1.807, 2.05) is 6.92 Å². The van der Waals surface area contributed by atoms with Crippen LogP contribution >= 0.6 is 23.2 Å². The van der Waals surface area contributed by atoms with Crippen LogP contribution in [0.4, 0.5) is 11.6 Å². The van der Waals surface area contributed by atoms with E-state index < -0.39 is 0 Å². The number of hydrogen-bond acceptors (Lipinski definition) is 4. The van der Waals surface area contributed by atoms with E-state index in [0.717, 1.165) is 5.56 Å². The van der Waals surface area contributed by atoms with Crippen LogP contribution in [0.1, 0.15) is 24.1 Å². The number of hydrazine groups is 1. The Morgan fingerprint density at radius 1 is 1.10 bits per heavy atom. The molecule has 4 N–H and O–H groups in total. The summed E-state index contributed by atoms with van der Waals surface area (Å²) in [6, 6.07) is 9.94. The van der Waals surface area contributed by atoms with Crippen molar-refractivity contribution in [3.63, 3.8) is 0 Å². The van der Waals surface area contributed by atoms with Crippen LogP contribution in [0.5, 0.6) is 0 Å². The molecule has 0 fully saturated rings. The third kappa shape index (κ3) is 3.33. The molecule has 1 aromatic heterocycles. The molecule has 1 heterocycles. The van der Waals surface area contributed by atoms with E-state index in [4.69, 9.17) is 29.0 Å². The predicted molar refractivity (Wildman–Crippen MR) is 85.3 cm³/mol. The van der Waals surface area contributed by atoms with Crippen molar-refractivity contribution in [2.24, 2.45) is 5.84 Å². The van der Waals surface area contributed by atoms with E-state index >= 15 is 0 Å². The highest BCUT2D eigenvalue weighted by atomic mass is 35.5. The van der Waals surface area contributed by atoms with Crippen molar-refractivity contribution in [3.8, 4) is 0 Å². The van der Waals surface area contributed by atoms with E-state index in [1.165, 1.54) is 5.56 Å². The van der Waals surface area contributed by atoms with Crippen LogP contribution in [0.25, 0.3) is 0 Å². The average molecular weight is 311 g/mol. The van der Waals surface area contributed by atoms with Gasteiger partial charge in [-0.05, 0) is 25.5 Å². The van der Waals surface area contributed by atoms with E-state index in [1.54, 1.807) is 6.07 Å². The van der Waals surface area contributed by atoms with Crippen molar-refractivity contribution in [2.75, 3.05) is 10.7 Å². The van der Waals surface area contributed by atoms with E-state index in [0.29, 0.717) is 21.7 Å². The molecule has 0 radical (unpaired) electrons. The van der Waals surface area contributed by atoms with Crippen LogP contribution in [0.2, 0.25) is 10.0 Å².